The molecular formula is C29H50N4O10P2. The summed E-state index contributed by atoms with van der Waals surface area (Å²) in [4.78, 5) is 27.6. The number of methoxy groups -OCH3 is 1. The first-order valence-electron chi connectivity index (χ1n) is 15.1. The number of hydrogen-bond donors (Lipinski definition) is 1. The Labute approximate surface area is 267 Å². The van der Waals surface area contributed by atoms with E-state index in [1.54, 1.807) is 34.6 Å². The zero-order valence-electron chi connectivity index (χ0n) is 28.0. The van der Waals surface area contributed by atoms with Gasteiger partial charge in [-0.05, 0) is 68.4 Å². The number of aryl methyl sites for hydroxylation is 1. The van der Waals surface area contributed by atoms with Crippen LogP contribution >= 0.6 is 16.1 Å². The van der Waals surface area contributed by atoms with Crippen LogP contribution in [0.2, 0.25) is 0 Å². The maximum Gasteiger partial charge on any atom is 0.354 e. The molecule has 1 fully saturated rings. The highest BCUT2D eigenvalue weighted by Crippen LogP contribution is 2.54. The summed E-state index contributed by atoms with van der Waals surface area (Å²) < 4.78 is 59.2. The molecule has 0 radical (unpaired) electrons. The van der Waals surface area contributed by atoms with Gasteiger partial charge in [0.2, 0.25) is 0 Å². The number of H-pyrrole nitrogens is 1. The van der Waals surface area contributed by atoms with Crippen LogP contribution < -0.4 is 11.2 Å². The second-order valence-corrected chi connectivity index (χ2v) is 14.8. The summed E-state index contributed by atoms with van der Waals surface area (Å²) >= 11 is 0. The van der Waals surface area contributed by atoms with E-state index in [9.17, 15) is 19.4 Å². The number of aromatic nitrogens is 2. The summed E-state index contributed by atoms with van der Waals surface area (Å²) in [5.74, 6) is 1.34. The lowest BCUT2D eigenvalue weighted by atomic mass is 10.1. The molecule has 0 saturated carbocycles. The Morgan fingerprint density at radius 2 is 1.69 bits per heavy atom. The molecule has 0 aliphatic carbocycles. The summed E-state index contributed by atoms with van der Waals surface area (Å²) in [5, 5.41) is 9.18. The fourth-order valence-corrected chi connectivity index (χ4v) is 8.15. The van der Waals surface area contributed by atoms with E-state index >= 15 is 0 Å². The molecular weight excluding hydrogens is 626 g/mol. The quantitative estimate of drug-likeness (QED) is 0.154. The average Bonchev–Trinajstić information content (AvgIpc) is 3.25. The van der Waals surface area contributed by atoms with Crippen molar-refractivity contribution in [3.8, 4) is 6.07 Å². The van der Waals surface area contributed by atoms with Crippen molar-refractivity contribution in [2.75, 3.05) is 26.9 Å². The Bertz CT molecular complexity index is 1270. The van der Waals surface area contributed by atoms with Crippen LogP contribution in [-0.4, -0.2) is 83.8 Å². The lowest BCUT2D eigenvalue weighted by Crippen LogP contribution is -2.42. The first-order valence-corrected chi connectivity index (χ1v) is 17.9. The lowest BCUT2D eigenvalue weighted by Gasteiger charge is -2.38. The van der Waals surface area contributed by atoms with Crippen LogP contribution in [0.1, 0.15) is 73.6 Å². The van der Waals surface area contributed by atoms with Crippen LogP contribution in [0.3, 0.4) is 0 Å². The summed E-state index contributed by atoms with van der Waals surface area (Å²) in [5.41, 5.74) is -0.931. The molecule has 2 heterocycles. The molecule has 1 N–H and O–H groups in total. The molecule has 1 aromatic heterocycles. The molecule has 0 bridgehead atoms. The predicted molar refractivity (Wildman–Crippen MR) is 171 cm³/mol. The smallest absolute Gasteiger partial charge is 0.354 e. The van der Waals surface area contributed by atoms with Crippen molar-refractivity contribution in [1.82, 2.24) is 14.2 Å². The molecule has 1 saturated heterocycles. The van der Waals surface area contributed by atoms with Gasteiger partial charge in [-0.2, -0.15) is 5.26 Å². The highest BCUT2D eigenvalue weighted by Gasteiger charge is 2.49. The second-order valence-electron chi connectivity index (χ2n) is 11.6. The maximum absolute atomic E-state index is 13.7. The highest BCUT2D eigenvalue weighted by atomic mass is 31.2. The molecule has 2 rings (SSSR count). The number of rotatable bonds is 19. The Hall–Kier alpha value is -1.75. The third-order valence-electron chi connectivity index (χ3n) is 6.29. The Kier molecular flexibility index (Phi) is 16.3. The van der Waals surface area contributed by atoms with Gasteiger partial charge in [0.15, 0.2) is 6.23 Å². The molecule has 1 unspecified atom stereocenters. The van der Waals surface area contributed by atoms with Gasteiger partial charge >= 0.3 is 13.3 Å². The SMILES string of the molecule is COCCO[C@@H]1[C@H](OP(OCCC#N)N(C(C)C)C(C)C)[C@@H](/C=C/P(=O)(OC(C)C)OC(C)C)O[C@H]1n1cc(C)c(=O)[nH]c1=O. The number of aromatic amines is 1. The van der Waals surface area contributed by atoms with Crippen LogP contribution in [0.4, 0.5) is 0 Å². The minimum Gasteiger partial charge on any atom is -0.382 e. The van der Waals surface area contributed by atoms with Gasteiger partial charge in [0.25, 0.3) is 14.1 Å². The van der Waals surface area contributed by atoms with Crippen molar-refractivity contribution in [2.24, 2.45) is 0 Å². The standard InChI is InChI=1S/C29H50N4O10P2/c1-19(2)33(20(3)4)44(39-14-11-13-30)41-25-24(12-17-45(36,42-21(5)6)43-22(7)8)40-28(26(25)38-16-15-37-10)32-18-23(9)27(34)31-29(32)35/h12,17-22,24-26,28H,11,14-16H2,1-10H3,(H,31,34,35)/b17-12+/t24-,25-,26-,28-,44?/m1/s1. The first kappa shape index (κ1) is 39.4. The van der Waals surface area contributed by atoms with E-state index in [0.717, 1.165) is 0 Å². The molecule has 14 nitrogen and oxygen atoms in total. The minimum absolute atomic E-state index is 0.00161. The highest BCUT2D eigenvalue weighted by molar-refractivity contribution is 7.57. The van der Waals surface area contributed by atoms with E-state index in [0.29, 0.717) is 5.56 Å². The van der Waals surface area contributed by atoms with Crippen molar-refractivity contribution in [2.45, 2.75) is 118 Å². The third kappa shape index (κ3) is 11.8. The van der Waals surface area contributed by atoms with Gasteiger partial charge < -0.3 is 32.3 Å². The zero-order valence-corrected chi connectivity index (χ0v) is 29.8. The molecule has 1 aromatic rings. The van der Waals surface area contributed by atoms with E-state index in [-0.39, 0.29) is 38.3 Å². The van der Waals surface area contributed by atoms with Crippen LogP contribution in [0, 0.1) is 18.3 Å². The molecule has 5 atom stereocenters. The molecule has 1 aliphatic rings. The number of nitriles is 1. The second kappa shape index (κ2) is 18.6. The normalized spacial score (nSPS) is 21.6. The van der Waals surface area contributed by atoms with Crippen molar-refractivity contribution >= 4 is 16.1 Å². The van der Waals surface area contributed by atoms with Gasteiger partial charge in [0.1, 0.15) is 18.3 Å². The van der Waals surface area contributed by atoms with Gasteiger partial charge in [-0.25, -0.2) is 9.46 Å². The Balaban J connectivity index is 2.71. The Morgan fingerprint density at radius 3 is 2.22 bits per heavy atom. The number of nitrogens with zero attached hydrogens (tertiary/aromatic N) is 3. The first-order chi connectivity index (χ1) is 21.1. The van der Waals surface area contributed by atoms with Crippen LogP contribution in [0.25, 0.3) is 0 Å². The largest absolute Gasteiger partial charge is 0.382 e. The topological polar surface area (TPSA) is 164 Å². The number of hydrogen-bond acceptors (Lipinski definition) is 12. The van der Waals surface area contributed by atoms with Gasteiger partial charge in [-0.15, -0.1) is 0 Å². The third-order valence-corrected chi connectivity index (χ3v) is 10.4. The maximum atomic E-state index is 13.7. The van der Waals surface area contributed by atoms with E-state index in [1.165, 1.54) is 29.8 Å². The van der Waals surface area contributed by atoms with E-state index < -0.39 is 64.1 Å². The fraction of sp³-hybridized carbons (Fsp3) is 0.759. The van der Waals surface area contributed by atoms with E-state index in [4.69, 9.17) is 32.3 Å². The Morgan fingerprint density at radius 1 is 1.07 bits per heavy atom. The average molecular weight is 677 g/mol. The summed E-state index contributed by atoms with van der Waals surface area (Å²) in [7, 11) is -4.00. The monoisotopic (exact) mass is 676 g/mol. The summed E-state index contributed by atoms with van der Waals surface area (Å²) in [6.45, 7) is 17.1. The van der Waals surface area contributed by atoms with Crippen molar-refractivity contribution in [3.05, 3.63) is 44.5 Å². The predicted octanol–water partition coefficient (Wildman–Crippen LogP) is 4.99. The molecule has 256 valence electrons. The summed E-state index contributed by atoms with van der Waals surface area (Å²) in [6, 6.07) is 2.09. The molecule has 0 spiro atoms. The summed E-state index contributed by atoms with van der Waals surface area (Å²) in [6.07, 6.45) is -1.55. The van der Waals surface area contributed by atoms with Crippen molar-refractivity contribution in [3.63, 3.8) is 0 Å². The van der Waals surface area contributed by atoms with Crippen molar-refractivity contribution in [1.29, 1.82) is 5.26 Å². The van der Waals surface area contributed by atoms with Crippen LogP contribution in [0.5, 0.6) is 0 Å². The number of ether oxygens (including phenoxy) is 3. The van der Waals surface area contributed by atoms with Gasteiger partial charge in [-0.3, -0.25) is 18.9 Å². The minimum atomic E-state index is -3.74. The zero-order chi connectivity index (χ0) is 33.9. The van der Waals surface area contributed by atoms with Gasteiger partial charge in [-0.1, -0.05) is 0 Å². The molecule has 1 aliphatic heterocycles. The van der Waals surface area contributed by atoms with Crippen LogP contribution in [-0.2, 0) is 36.9 Å². The number of nitrogens with one attached hydrogen (secondary N) is 1. The lowest BCUT2D eigenvalue weighted by molar-refractivity contribution is -0.0767. The van der Waals surface area contributed by atoms with Gasteiger partial charge in [0, 0.05) is 36.8 Å². The fourth-order valence-electron chi connectivity index (χ4n) is 4.66. The van der Waals surface area contributed by atoms with Gasteiger partial charge in [0.05, 0.1) is 44.5 Å². The van der Waals surface area contributed by atoms with E-state index in [2.05, 4.69) is 15.7 Å². The molecule has 0 amide bonds. The molecule has 45 heavy (non-hydrogen) atoms. The molecule has 0 aromatic carbocycles. The molecule has 16 heteroatoms. The van der Waals surface area contributed by atoms with Crippen molar-refractivity contribution < 1.29 is 36.9 Å². The van der Waals surface area contributed by atoms with E-state index in [1.807, 2.05) is 27.7 Å². The van der Waals surface area contributed by atoms with Crippen LogP contribution in [0.15, 0.2) is 27.7 Å².